The molecule has 2 aromatic carbocycles. The molecule has 0 saturated heterocycles. The maximum Gasteiger partial charge on any atom is 2.00 e. The molecule has 0 atom stereocenters. The third kappa shape index (κ3) is 10.5. The number of carboxylic acids is 2. The summed E-state index contributed by atoms with van der Waals surface area (Å²) in [6.45, 7) is 23.5. The summed E-state index contributed by atoms with van der Waals surface area (Å²) in [5.74, 6) is -3.06. The first-order valence-corrected chi connectivity index (χ1v) is 12.1. The van der Waals surface area contributed by atoms with Crippen LogP contribution in [0.1, 0.15) is 126 Å². The molecule has 39 heavy (non-hydrogen) atoms. The van der Waals surface area contributed by atoms with Gasteiger partial charge in [-0.1, -0.05) is 107 Å². The summed E-state index contributed by atoms with van der Waals surface area (Å²) in [5.41, 5.74) is 1.54. The molecule has 8 nitrogen and oxygen atoms in total. The van der Waals surface area contributed by atoms with E-state index in [1.54, 1.807) is 0 Å². The normalized spacial score (nSPS) is 11.6. The van der Waals surface area contributed by atoms with E-state index in [0.29, 0.717) is 11.1 Å². The standard InChI is InChI=1S/2C15H22O3.2H2O.Zn/c2*1-14(2,3)9-7-10(13(17)18)12(16)11(8-9)15(4,5)6;;;/h2*7-8,16H,1-6H3,(H,17,18);2*1H2;/q;;;;+2/p-2. The van der Waals surface area contributed by atoms with Gasteiger partial charge in [0.25, 0.3) is 0 Å². The van der Waals surface area contributed by atoms with Crippen LogP contribution in [0.25, 0.3) is 0 Å². The van der Waals surface area contributed by atoms with Crippen molar-refractivity contribution in [3.8, 4) is 11.5 Å². The first kappa shape index (κ1) is 41.0. The van der Waals surface area contributed by atoms with E-state index in [9.17, 15) is 19.8 Å². The third-order valence-electron chi connectivity index (χ3n) is 5.99. The Labute approximate surface area is 245 Å². The number of aromatic carboxylic acids is 2. The van der Waals surface area contributed by atoms with Gasteiger partial charge in [0.2, 0.25) is 0 Å². The van der Waals surface area contributed by atoms with Gasteiger partial charge in [-0.3, -0.25) is 0 Å². The van der Waals surface area contributed by atoms with Crippen LogP contribution in [0, 0.1) is 0 Å². The van der Waals surface area contributed by atoms with Crippen molar-refractivity contribution in [2.45, 2.75) is 105 Å². The van der Waals surface area contributed by atoms with Crippen molar-refractivity contribution >= 4 is 11.9 Å². The minimum atomic E-state index is -1.16. The van der Waals surface area contributed by atoms with Crippen LogP contribution in [-0.4, -0.2) is 33.1 Å². The van der Waals surface area contributed by atoms with Crippen molar-refractivity contribution in [1.29, 1.82) is 0 Å². The Morgan fingerprint density at radius 2 is 0.769 bits per heavy atom. The number of carboxylic acid groups (broad SMARTS) is 2. The largest absolute Gasteiger partial charge is 2.00 e. The molecular formula is C30H46O8Zn. The number of benzene rings is 2. The van der Waals surface area contributed by atoms with E-state index < -0.39 is 11.9 Å². The van der Waals surface area contributed by atoms with Crippen LogP contribution in [0.4, 0.5) is 0 Å². The Bertz CT molecular complexity index is 1050. The van der Waals surface area contributed by atoms with Gasteiger partial charge in [-0.05, 0) is 56.0 Å². The van der Waals surface area contributed by atoms with Gasteiger partial charge < -0.3 is 31.4 Å². The van der Waals surface area contributed by atoms with Crippen molar-refractivity contribution in [3.05, 3.63) is 57.6 Å². The molecule has 0 saturated carbocycles. The fourth-order valence-corrected chi connectivity index (χ4v) is 3.56. The maximum absolute atomic E-state index is 12.2. The molecule has 0 radical (unpaired) electrons. The Morgan fingerprint density at radius 3 is 0.923 bits per heavy atom. The molecule has 0 spiro atoms. The van der Waals surface area contributed by atoms with Crippen LogP contribution in [0.15, 0.2) is 24.3 Å². The quantitative estimate of drug-likeness (QED) is 0.480. The molecule has 0 heterocycles. The Kier molecular flexibility index (Phi) is 14.4. The number of hydrogen-bond acceptors (Lipinski definition) is 4. The molecule has 0 unspecified atom stereocenters. The number of hydrogen-bond donors (Lipinski definition) is 2. The molecule has 2 aromatic rings. The van der Waals surface area contributed by atoms with Crippen LogP contribution < -0.4 is 10.2 Å². The second-order valence-corrected chi connectivity index (χ2v) is 13.4. The molecule has 0 aliphatic heterocycles. The van der Waals surface area contributed by atoms with E-state index in [-0.39, 0.29) is 74.7 Å². The second-order valence-electron chi connectivity index (χ2n) is 13.4. The zero-order valence-electron chi connectivity index (χ0n) is 25.5. The number of rotatable bonds is 2. The molecule has 9 heteroatoms. The van der Waals surface area contributed by atoms with Gasteiger partial charge in [-0.25, -0.2) is 9.59 Å². The van der Waals surface area contributed by atoms with Gasteiger partial charge in [-0.2, -0.15) is 0 Å². The minimum absolute atomic E-state index is 0. The van der Waals surface area contributed by atoms with Crippen molar-refractivity contribution in [1.82, 2.24) is 0 Å². The van der Waals surface area contributed by atoms with Gasteiger partial charge in [-0.15, -0.1) is 0 Å². The van der Waals surface area contributed by atoms with Crippen LogP contribution in [0.2, 0.25) is 0 Å². The molecular weight excluding hydrogens is 554 g/mol. The SMILES string of the molecule is CC(C)(C)c1cc(C(=O)O)c([O-])c(C(C)(C)C)c1.CC(C)(C)c1cc(C(=O)O)c([O-])c(C(C)(C)C)c1.O.O.[Zn+2]. The zero-order chi connectivity index (χ0) is 28.6. The van der Waals surface area contributed by atoms with E-state index in [2.05, 4.69) is 0 Å². The van der Waals surface area contributed by atoms with Crippen LogP contribution >= 0.6 is 0 Å². The molecule has 2 rings (SSSR count). The predicted molar refractivity (Wildman–Crippen MR) is 148 cm³/mol. The minimum Gasteiger partial charge on any atom is -0.872 e. The molecule has 0 aliphatic carbocycles. The molecule has 6 N–H and O–H groups in total. The predicted octanol–water partition coefficient (Wildman–Crippen LogP) is 4.45. The van der Waals surface area contributed by atoms with E-state index in [4.69, 9.17) is 10.2 Å². The Hall–Kier alpha value is -2.48. The van der Waals surface area contributed by atoms with Gasteiger partial charge >= 0.3 is 31.4 Å². The van der Waals surface area contributed by atoms with Gasteiger partial charge in [0.1, 0.15) is 0 Å². The number of carbonyl (C=O) groups is 2. The molecule has 0 bridgehead atoms. The van der Waals surface area contributed by atoms with Gasteiger partial charge in [0.05, 0.1) is 11.1 Å². The van der Waals surface area contributed by atoms with Crippen molar-refractivity contribution in [2.24, 2.45) is 0 Å². The maximum atomic E-state index is 12.2. The summed E-state index contributed by atoms with van der Waals surface area (Å²) in [6.07, 6.45) is 0. The van der Waals surface area contributed by atoms with E-state index >= 15 is 0 Å². The monoisotopic (exact) mass is 598 g/mol. The summed E-state index contributed by atoms with van der Waals surface area (Å²) in [4.78, 5) is 22.4. The summed E-state index contributed by atoms with van der Waals surface area (Å²) >= 11 is 0. The molecule has 0 amide bonds. The Morgan fingerprint density at radius 1 is 0.538 bits per heavy atom. The topological polar surface area (TPSA) is 184 Å². The first-order chi connectivity index (χ1) is 15.9. The average molecular weight is 600 g/mol. The van der Waals surface area contributed by atoms with Gasteiger partial charge in [0, 0.05) is 0 Å². The third-order valence-corrected chi connectivity index (χ3v) is 5.99. The summed E-state index contributed by atoms with van der Waals surface area (Å²) in [6, 6.07) is 6.68. The van der Waals surface area contributed by atoms with Crippen molar-refractivity contribution in [3.63, 3.8) is 0 Å². The summed E-state index contributed by atoms with van der Waals surface area (Å²) in [7, 11) is 0. The average Bonchev–Trinajstić information content (AvgIpc) is 2.64. The zero-order valence-corrected chi connectivity index (χ0v) is 28.5. The van der Waals surface area contributed by atoms with Gasteiger partial charge in [0.15, 0.2) is 0 Å². The molecule has 0 aromatic heterocycles. The van der Waals surface area contributed by atoms with E-state index in [1.165, 1.54) is 12.1 Å². The van der Waals surface area contributed by atoms with Crippen molar-refractivity contribution in [2.75, 3.05) is 0 Å². The fraction of sp³-hybridized carbons (Fsp3) is 0.533. The first-order valence-electron chi connectivity index (χ1n) is 12.1. The summed E-state index contributed by atoms with van der Waals surface area (Å²) in [5, 5.41) is 42.6. The fourth-order valence-electron chi connectivity index (χ4n) is 3.56. The van der Waals surface area contributed by atoms with Crippen LogP contribution in [0.3, 0.4) is 0 Å². The second kappa shape index (κ2) is 13.7. The smallest absolute Gasteiger partial charge is 0.872 e. The van der Waals surface area contributed by atoms with Crippen LogP contribution in [0.5, 0.6) is 11.5 Å². The van der Waals surface area contributed by atoms with E-state index in [1.807, 2.05) is 95.2 Å². The molecule has 0 aliphatic rings. The van der Waals surface area contributed by atoms with Crippen molar-refractivity contribution < 1.29 is 60.4 Å². The van der Waals surface area contributed by atoms with E-state index in [0.717, 1.165) is 11.1 Å². The molecule has 216 valence electrons. The Balaban J connectivity index is -0.000000617. The molecule has 0 fully saturated rings. The van der Waals surface area contributed by atoms with Crippen LogP contribution in [-0.2, 0) is 41.1 Å². The summed E-state index contributed by atoms with van der Waals surface area (Å²) < 4.78 is 0.